The fourth-order valence-corrected chi connectivity index (χ4v) is 7.09. The summed E-state index contributed by atoms with van der Waals surface area (Å²) in [4.78, 5) is 15.5. The lowest BCUT2D eigenvalue weighted by Gasteiger charge is -2.54. The summed E-state index contributed by atoms with van der Waals surface area (Å²) >= 11 is 0. The highest BCUT2D eigenvalue weighted by atomic mass is 16.2. The van der Waals surface area contributed by atoms with Crippen molar-refractivity contribution in [2.45, 2.75) is 75.9 Å². The molecule has 0 radical (unpaired) electrons. The molecule has 2 unspecified atom stereocenters. The van der Waals surface area contributed by atoms with Crippen molar-refractivity contribution in [3.63, 3.8) is 0 Å². The molecule has 1 amide bonds. The third-order valence-corrected chi connectivity index (χ3v) is 7.86. The summed E-state index contributed by atoms with van der Waals surface area (Å²) in [6, 6.07) is 1.86. The van der Waals surface area contributed by atoms with Crippen LogP contribution in [0.25, 0.3) is 0 Å². The zero-order chi connectivity index (χ0) is 14.8. The van der Waals surface area contributed by atoms with E-state index in [2.05, 4.69) is 17.3 Å². The average Bonchev–Trinajstić information content (AvgIpc) is 2.83. The highest BCUT2D eigenvalue weighted by Crippen LogP contribution is 2.57. The van der Waals surface area contributed by atoms with Crippen molar-refractivity contribution in [3.05, 3.63) is 0 Å². The minimum Gasteiger partial charge on any atom is -0.342 e. The molecule has 1 N–H and O–H groups in total. The predicted octanol–water partition coefficient (Wildman–Crippen LogP) is 2.80. The van der Waals surface area contributed by atoms with Gasteiger partial charge in [0.2, 0.25) is 5.91 Å². The minimum absolute atomic E-state index is 0.380. The molecule has 4 aliphatic carbocycles. The fraction of sp³-hybridized carbons (Fsp3) is 0.947. The zero-order valence-electron chi connectivity index (χ0n) is 13.8. The predicted molar refractivity (Wildman–Crippen MR) is 86.3 cm³/mol. The second kappa shape index (κ2) is 4.96. The van der Waals surface area contributed by atoms with Crippen LogP contribution < -0.4 is 5.32 Å². The van der Waals surface area contributed by atoms with Crippen molar-refractivity contribution in [2.75, 3.05) is 7.05 Å². The molecule has 6 rings (SSSR count). The Morgan fingerprint density at radius 2 is 1.41 bits per heavy atom. The van der Waals surface area contributed by atoms with Gasteiger partial charge in [-0.2, -0.15) is 0 Å². The summed E-state index contributed by atoms with van der Waals surface area (Å²) in [7, 11) is 2.11. The van der Waals surface area contributed by atoms with Gasteiger partial charge in [-0.1, -0.05) is 0 Å². The molecule has 6 fully saturated rings. The maximum absolute atomic E-state index is 13.3. The van der Waals surface area contributed by atoms with Crippen molar-refractivity contribution in [3.8, 4) is 0 Å². The Bertz CT molecular complexity index is 436. The number of nitrogens with one attached hydrogen (secondary N) is 1. The van der Waals surface area contributed by atoms with E-state index < -0.39 is 0 Å². The van der Waals surface area contributed by atoms with Gasteiger partial charge in [0.15, 0.2) is 0 Å². The van der Waals surface area contributed by atoms with Crippen molar-refractivity contribution in [1.82, 2.24) is 10.2 Å². The lowest BCUT2D eigenvalue weighted by Crippen LogP contribution is -2.55. The van der Waals surface area contributed by atoms with Crippen molar-refractivity contribution in [1.29, 1.82) is 0 Å². The van der Waals surface area contributed by atoms with Gasteiger partial charge in [0.1, 0.15) is 0 Å². The zero-order valence-corrected chi connectivity index (χ0v) is 13.8. The lowest BCUT2D eigenvalue weighted by molar-refractivity contribution is -0.150. The number of amides is 1. The van der Waals surface area contributed by atoms with E-state index in [0.717, 1.165) is 23.7 Å². The quantitative estimate of drug-likeness (QED) is 0.851. The molecule has 2 atom stereocenters. The molecule has 122 valence electrons. The van der Waals surface area contributed by atoms with Gasteiger partial charge in [-0.05, 0) is 81.5 Å². The molecule has 3 nitrogen and oxygen atoms in total. The van der Waals surface area contributed by atoms with Crippen molar-refractivity contribution >= 4 is 5.91 Å². The third-order valence-electron chi connectivity index (χ3n) is 7.86. The van der Waals surface area contributed by atoms with E-state index in [1.54, 1.807) is 0 Å². The third kappa shape index (κ3) is 2.07. The Morgan fingerprint density at radius 1 is 0.864 bits per heavy atom. The van der Waals surface area contributed by atoms with Gasteiger partial charge in [0.05, 0.1) is 0 Å². The van der Waals surface area contributed by atoms with Gasteiger partial charge in [-0.15, -0.1) is 0 Å². The first kappa shape index (κ1) is 13.8. The number of piperidine rings is 1. The molecule has 3 heteroatoms. The van der Waals surface area contributed by atoms with E-state index in [0.29, 0.717) is 30.0 Å². The summed E-state index contributed by atoms with van der Waals surface area (Å²) in [5.74, 6) is 4.28. The summed E-state index contributed by atoms with van der Waals surface area (Å²) in [6.45, 7) is 0. The molecular weight excluding hydrogens is 272 g/mol. The van der Waals surface area contributed by atoms with Crippen LogP contribution in [-0.2, 0) is 4.79 Å². The average molecular weight is 302 g/mol. The Morgan fingerprint density at radius 3 is 1.95 bits per heavy atom. The maximum Gasteiger partial charge on any atom is 0.226 e. The van der Waals surface area contributed by atoms with E-state index in [-0.39, 0.29) is 0 Å². The first-order valence-corrected chi connectivity index (χ1v) is 9.70. The number of hydrogen-bond donors (Lipinski definition) is 1. The van der Waals surface area contributed by atoms with Crippen LogP contribution in [0.3, 0.4) is 0 Å². The van der Waals surface area contributed by atoms with Crippen molar-refractivity contribution < 1.29 is 4.79 Å². The minimum atomic E-state index is 0.380. The fourth-order valence-electron chi connectivity index (χ4n) is 7.09. The van der Waals surface area contributed by atoms with E-state index >= 15 is 0 Å². The van der Waals surface area contributed by atoms with E-state index in [9.17, 15) is 4.79 Å². The molecule has 2 aliphatic heterocycles. The second-order valence-corrected chi connectivity index (χ2v) is 9.17. The number of carbonyl (C=O) groups is 1. The molecule has 0 aromatic rings. The molecule has 2 saturated heterocycles. The monoisotopic (exact) mass is 302 g/mol. The van der Waals surface area contributed by atoms with Crippen LogP contribution in [0, 0.1) is 29.6 Å². The number of carbonyl (C=O) groups excluding carboxylic acids is 1. The molecule has 0 spiro atoms. The van der Waals surface area contributed by atoms with Crippen LogP contribution in [0.15, 0.2) is 0 Å². The van der Waals surface area contributed by atoms with Gasteiger partial charge in [-0.25, -0.2) is 0 Å². The normalized spacial score (nSPS) is 52.0. The number of hydrogen-bond acceptors (Lipinski definition) is 2. The Hall–Kier alpha value is -0.570. The van der Waals surface area contributed by atoms with Crippen LogP contribution in [0.1, 0.15) is 57.8 Å². The smallest absolute Gasteiger partial charge is 0.226 e. The van der Waals surface area contributed by atoms with Crippen LogP contribution in [0.4, 0.5) is 0 Å². The topological polar surface area (TPSA) is 32.3 Å². The van der Waals surface area contributed by atoms with Gasteiger partial charge < -0.3 is 10.2 Å². The number of nitrogens with zero attached hydrogens (tertiary/aromatic N) is 1. The highest BCUT2D eigenvalue weighted by molar-refractivity contribution is 5.80. The van der Waals surface area contributed by atoms with Crippen molar-refractivity contribution in [2.24, 2.45) is 29.6 Å². The molecule has 0 aromatic heterocycles. The molecule has 0 aromatic carbocycles. The largest absolute Gasteiger partial charge is 0.342 e. The maximum atomic E-state index is 13.3. The number of fused-ring (bicyclic) bond motifs is 2. The lowest BCUT2D eigenvalue weighted by atomic mass is 9.51. The summed E-state index contributed by atoms with van der Waals surface area (Å²) < 4.78 is 0. The first-order valence-electron chi connectivity index (χ1n) is 9.70. The number of rotatable bonds is 2. The Kier molecular flexibility index (Phi) is 3.12. The van der Waals surface area contributed by atoms with E-state index in [1.807, 2.05) is 0 Å². The first-order chi connectivity index (χ1) is 10.7. The summed E-state index contributed by atoms with van der Waals surface area (Å²) in [5, 5.41) is 3.71. The molecule has 22 heavy (non-hydrogen) atoms. The van der Waals surface area contributed by atoms with Gasteiger partial charge in [0, 0.05) is 31.1 Å². The van der Waals surface area contributed by atoms with E-state index in [4.69, 9.17) is 0 Å². The second-order valence-electron chi connectivity index (χ2n) is 9.17. The highest BCUT2D eigenvalue weighted by Gasteiger charge is 2.52. The molecule has 2 heterocycles. The molecule has 6 aliphatic rings. The standard InChI is InChI=1S/C19H30N2O/c1-21(17-9-15-2-3-16(10-17)20-15)19(22)18-13-5-11-4-12(7-13)8-14(18)6-11/h11-18,20H,2-10H2,1H3. The Balaban J connectivity index is 1.32. The molecule has 4 saturated carbocycles. The summed E-state index contributed by atoms with van der Waals surface area (Å²) in [6.07, 6.45) is 11.9. The van der Waals surface area contributed by atoms with Gasteiger partial charge >= 0.3 is 0 Å². The SMILES string of the molecule is CN(C(=O)C1C2CC3CC(C2)CC1C3)C1CC2CCC(C1)N2. The van der Waals surface area contributed by atoms with Crippen LogP contribution >= 0.6 is 0 Å². The molecule has 6 bridgehead atoms. The van der Waals surface area contributed by atoms with Crippen LogP contribution in [0.2, 0.25) is 0 Å². The van der Waals surface area contributed by atoms with Gasteiger partial charge in [0.25, 0.3) is 0 Å². The molecular formula is C19H30N2O. The van der Waals surface area contributed by atoms with Crippen LogP contribution in [0.5, 0.6) is 0 Å². The van der Waals surface area contributed by atoms with Crippen LogP contribution in [-0.4, -0.2) is 36.0 Å². The van der Waals surface area contributed by atoms with E-state index in [1.165, 1.54) is 57.8 Å². The summed E-state index contributed by atoms with van der Waals surface area (Å²) in [5.41, 5.74) is 0. The van der Waals surface area contributed by atoms with Gasteiger partial charge in [-0.3, -0.25) is 4.79 Å². The Labute approximate surface area is 134 Å².